The molecule has 4 rings (SSSR count). The third-order valence-electron chi connectivity index (χ3n) is 5.34. The Morgan fingerprint density at radius 2 is 1.66 bits per heavy atom. The van der Waals surface area contributed by atoms with Crippen molar-refractivity contribution in [3.8, 4) is 0 Å². The lowest BCUT2D eigenvalue weighted by Gasteiger charge is -2.35. The summed E-state index contributed by atoms with van der Waals surface area (Å²) < 4.78 is 0. The van der Waals surface area contributed by atoms with Crippen LogP contribution in [-0.4, -0.2) is 47.0 Å². The van der Waals surface area contributed by atoms with Gasteiger partial charge in [-0.25, -0.2) is 9.97 Å². The Hall–Kier alpha value is -3.41. The number of hydrogen-bond acceptors (Lipinski definition) is 5. The second-order valence-electron chi connectivity index (χ2n) is 7.33. The Kier molecular flexibility index (Phi) is 5.42. The largest absolute Gasteiger partial charge is 0.368 e. The summed E-state index contributed by atoms with van der Waals surface area (Å²) in [6.45, 7) is 7.14. The van der Waals surface area contributed by atoms with E-state index in [4.69, 9.17) is 0 Å². The molecule has 3 aromatic rings. The van der Waals surface area contributed by atoms with Crippen LogP contribution in [0, 0.1) is 13.8 Å². The molecule has 0 atom stereocenters. The van der Waals surface area contributed by atoms with Gasteiger partial charge in [-0.2, -0.15) is 0 Å². The van der Waals surface area contributed by atoms with E-state index in [2.05, 4.69) is 58.3 Å². The third kappa shape index (κ3) is 4.37. The van der Waals surface area contributed by atoms with E-state index in [1.54, 1.807) is 12.4 Å². The van der Waals surface area contributed by atoms with Crippen LogP contribution in [0.5, 0.6) is 0 Å². The molecule has 2 heterocycles. The molecular weight excluding hydrogens is 362 g/mol. The molecule has 1 amide bonds. The van der Waals surface area contributed by atoms with Gasteiger partial charge in [-0.1, -0.05) is 24.3 Å². The number of carbonyl (C=O) groups is 1. The molecule has 6 nitrogen and oxygen atoms in total. The van der Waals surface area contributed by atoms with Gasteiger partial charge in [-0.05, 0) is 49.2 Å². The monoisotopic (exact) mass is 387 g/mol. The van der Waals surface area contributed by atoms with Crippen LogP contribution < -0.4 is 10.2 Å². The highest BCUT2D eigenvalue weighted by Crippen LogP contribution is 2.19. The van der Waals surface area contributed by atoms with Crippen molar-refractivity contribution >= 4 is 23.1 Å². The van der Waals surface area contributed by atoms with Crippen molar-refractivity contribution in [3.63, 3.8) is 0 Å². The quantitative estimate of drug-likeness (QED) is 0.738. The Bertz CT molecular complexity index is 980. The predicted molar refractivity (Wildman–Crippen MR) is 116 cm³/mol. The molecule has 29 heavy (non-hydrogen) atoms. The minimum Gasteiger partial charge on any atom is -0.368 e. The molecule has 0 spiro atoms. The minimum absolute atomic E-state index is 0.0667. The molecule has 2 aromatic carbocycles. The third-order valence-corrected chi connectivity index (χ3v) is 5.34. The van der Waals surface area contributed by atoms with Gasteiger partial charge in [-0.3, -0.25) is 4.79 Å². The summed E-state index contributed by atoms with van der Waals surface area (Å²) in [6, 6.07) is 16.4. The van der Waals surface area contributed by atoms with Gasteiger partial charge >= 0.3 is 0 Å². The number of amides is 1. The highest BCUT2D eigenvalue weighted by Gasteiger charge is 2.23. The Morgan fingerprint density at radius 1 is 0.897 bits per heavy atom. The second kappa shape index (κ2) is 8.31. The summed E-state index contributed by atoms with van der Waals surface area (Å²) >= 11 is 0. The van der Waals surface area contributed by atoms with Crippen molar-refractivity contribution in [2.24, 2.45) is 0 Å². The first-order valence-electron chi connectivity index (χ1n) is 9.86. The standard InChI is InChI=1S/C23H25N5O/c1-17-8-9-19(14-18(17)2)26-22-16-24-21(15-25-22)23(29)28-12-10-27(11-13-28)20-6-4-3-5-7-20/h3-9,14-16H,10-13H2,1-2H3,(H,25,26). The summed E-state index contributed by atoms with van der Waals surface area (Å²) in [5.41, 5.74) is 4.99. The second-order valence-corrected chi connectivity index (χ2v) is 7.33. The normalized spacial score (nSPS) is 14.0. The van der Waals surface area contributed by atoms with Gasteiger partial charge in [0, 0.05) is 37.6 Å². The number of piperazine rings is 1. The van der Waals surface area contributed by atoms with Crippen molar-refractivity contribution in [1.29, 1.82) is 0 Å². The lowest BCUT2D eigenvalue weighted by Crippen LogP contribution is -2.49. The maximum absolute atomic E-state index is 12.8. The number of carbonyl (C=O) groups excluding carboxylic acids is 1. The van der Waals surface area contributed by atoms with Crippen LogP contribution in [-0.2, 0) is 0 Å². The molecule has 0 radical (unpaired) electrons. The van der Waals surface area contributed by atoms with Gasteiger partial charge in [0.05, 0.1) is 12.4 Å². The van der Waals surface area contributed by atoms with Gasteiger partial charge in [0.15, 0.2) is 0 Å². The first-order chi connectivity index (χ1) is 14.1. The van der Waals surface area contributed by atoms with Crippen LogP contribution >= 0.6 is 0 Å². The number of aryl methyl sites for hydroxylation is 2. The van der Waals surface area contributed by atoms with Gasteiger partial charge in [0.1, 0.15) is 11.5 Å². The molecule has 1 aliphatic heterocycles. The Balaban J connectivity index is 1.36. The number of hydrogen-bond donors (Lipinski definition) is 1. The predicted octanol–water partition coefficient (Wildman–Crippen LogP) is 3.80. The lowest BCUT2D eigenvalue weighted by atomic mass is 10.1. The summed E-state index contributed by atoms with van der Waals surface area (Å²) in [6.07, 6.45) is 3.16. The maximum atomic E-state index is 12.8. The molecule has 1 aromatic heterocycles. The van der Waals surface area contributed by atoms with E-state index >= 15 is 0 Å². The fourth-order valence-corrected chi connectivity index (χ4v) is 3.44. The van der Waals surface area contributed by atoms with E-state index in [1.807, 2.05) is 29.2 Å². The summed E-state index contributed by atoms with van der Waals surface area (Å²) in [4.78, 5) is 25.6. The summed E-state index contributed by atoms with van der Waals surface area (Å²) in [5.74, 6) is 0.557. The zero-order valence-electron chi connectivity index (χ0n) is 16.8. The van der Waals surface area contributed by atoms with Crippen LogP contribution in [0.3, 0.4) is 0 Å². The number of anilines is 3. The number of nitrogens with one attached hydrogen (secondary N) is 1. The molecule has 1 saturated heterocycles. The Morgan fingerprint density at radius 3 is 2.31 bits per heavy atom. The van der Waals surface area contributed by atoms with E-state index in [0.717, 1.165) is 18.8 Å². The van der Waals surface area contributed by atoms with Crippen molar-refractivity contribution in [3.05, 3.63) is 77.7 Å². The summed E-state index contributed by atoms with van der Waals surface area (Å²) in [7, 11) is 0. The number of aromatic nitrogens is 2. The number of nitrogens with zero attached hydrogens (tertiary/aromatic N) is 4. The van der Waals surface area contributed by atoms with Crippen LogP contribution in [0.25, 0.3) is 0 Å². The SMILES string of the molecule is Cc1ccc(Nc2cnc(C(=O)N3CCN(c4ccccc4)CC3)cn2)cc1C. The molecule has 0 bridgehead atoms. The molecule has 0 aliphatic carbocycles. The van der Waals surface area contributed by atoms with Crippen LogP contribution in [0.2, 0.25) is 0 Å². The smallest absolute Gasteiger partial charge is 0.274 e. The molecule has 1 fully saturated rings. The van der Waals surface area contributed by atoms with Crippen molar-refractivity contribution in [1.82, 2.24) is 14.9 Å². The number of para-hydroxylation sites is 1. The van der Waals surface area contributed by atoms with E-state index < -0.39 is 0 Å². The van der Waals surface area contributed by atoms with E-state index in [-0.39, 0.29) is 5.91 Å². The van der Waals surface area contributed by atoms with Crippen LogP contribution in [0.1, 0.15) is 21.6 Å². The van der Waals surface area contributed by atoms with Gasteiger partial charge in [0.25, 0.3) is 5.91 Å². The van der Waals surface area contributed by atoms with E-state index in [0.29, 0.717) is 24.6 Å². The highest BCUT2D eigenvalue weighted by molar-refractivity contribution is 5.92. The Labute approximate surface area is 171 Å². The molecule has 0 unspecified atom stereocenters. The fourth-order valence-electron chi connectivity index (χ4n) is 3.44. The number of rotatable bonds is 4. The zero-order valence-corrected chi connectivity index (χ0v) is 16.8. The van der Waals surface area contributed by atoms with E-state index in [9.17, 15) is 4.79 Å². The van der Waals surface area contributed by atoms with Gasteiger partial charge in [-0.15, -0.1) is 0 Å². The fraction of sp³-hybridized carbons (Fsp3) is 0.261. The average Bonchev–Trinajstić information content (AvgIpc) is 2.77. The minimum atomic E-state index is -0.0667. The number of benzene rings is 2. The van der Waals surface area contributed by atoms with Crippen molar-refractivity contribution in [2.75, 3.05) is 36.4 Å². The van der Waals surface area contributed by atoms with Crippen LogP contribution in [0.15, 0.2) is 60.9 Å². The van der Waals surface area contributed by atoms with Gasteiger partial charge in [0.2, 0.25) is 0 Å². The van der Waals surface area contributed by atoms with Crippen molar-refractivity contribution < 1.29 is 4.79 Å². The molecule has 6 heteroatoms. The zero-order chi connectivity index (χ0) is 20.2. The van der Waals surface area contributed by atoms with Gasteiger partial charge < -0.3 is 15.1 Å². The summed E-state index contributed by atoms with van der Waals surface area (Å²) in [5, 5.41) is 3.24. The molecule has 0 saturated carbocycles. The molecule has 148 valence electrons. The highest BCUT2D eigenvalue weighted by atomic mass is 16.2. The average molecular weight is 387 g/mol. The topological polar surface area (TPSA) is 61.4 Å². The first-order valence-corrected chi connectivity index (χ1v) is 9.86. The first kappa shape index (κ1) is 18.9. The molecule has 1 N–H and O–H groups in total. The molecular formula is C23H25N5O. The van der Waals surface area contributed by atoms with E-state index in [1.165, 1.54) is 16.8 Å². The lowest BCUT2D eigenvalue weighted by molar-refractivity contribution is 0.0740. The molecule has 1 aliphatic rings. The maximum Gasteiger partial charge on any atom is 0.274 e. The van der Waals surface area contributed by atoms with Crippen LogP contribution in [0.4, 0.5) is 17.2 Å². The van der Waals surface area contributed by atoms with Crippen molar-refractivity contribution in [2.45, 2.75) is 13.8 Å².